The molecule has 3 aromatic rings. The average molecular weight is 499 g/mol. The molecular formula is C23H22N4O5S2. The number of amides is 2. The van der Waals surface area contributed by atoms with E-state index >= 15 is 0 Å². The van der Waals surface area contributed by atoms with E-state index in [1.807, 2.05) is 6.07 Å². The Balaban J connectivity index is 1.28. The molecule has 0 spiro atoms. The van der Waals surface area contributed by atoms with Gasteiger partial charge in [0.15, 0.2) is 11.2 Å². The predicted molar refractivity (Wildman–Crippen MR) is 129 cm³/mol. The lowest BCUT2D eigenvalue weighted by Gasteiger charge is -2.23. The lowest BCUT2D eigenvalue weighted by Crippen LogP contribution is -2.34. The number of thiazole rings is 1. The molecule has 1 fully saturated rings. The van der Waals surface area contributed by atoms with E-state index in [2.05, 4.69) is 15.6 Å². The molecule has 0 saturated carbocycles. The topological polar surface area (TPSA) is 118 Å². The minimum absolute atomic E-state index is 0.181. The number of anilines is 2. The van der Waals surface area contributed by atoms with Crippen LogP contribution in [0.1, 0.15) is 30.1 Å². The number of benzene rings is 2. The zero-order valence-corrected chi connectivity index (χ0v) is 19.9. The summed E-state index contributed by atoms with van der Waals surface area (Å²) in [6, 6.07) is 11.3. The Morgan fingerprint density at radius 3 is 2.65 bits per heavy atom. The van der Waals surface area contributed by atoms with Crippen LogP contribution in [0.4, 0.5) is 10.8 Å². The number of nitrogens with one attached hydrogen (secondary N) is 2. The summed E-state index contributed by atoms with van der Waals surface area (Å²) in [5.74, 6) is -0.00367. The van der Waals surface area contributed by atoms with E-state index < -0.39 is 16.1 Å². The van der Waals surface area contributed by atoms with Gasteiger partial charge in [-0.15, -0.1) is 11.3 Å². The van der Waals surface area contributed by atoms with Crippen LogP contribution in [-0.2, 0) is 14.8 Å². The van der Waals surface area contributed by atoms with Crippen molar-refractivity contribution in [1.82, 2.24) is 9.29 Å². The molecule has 1 aromatic heterocycles. The third-order valence-electron chi connectivity index (χ3n) is 5.75. The number of fused-ring (bicyclic) bond motifs is 1. The van der Waals surface area contributed by atoms with Crippen LogP contribution in [0.5, 0.6) is 5.75 Å². The van der Waals surface area contributed by atoms with Crippen molar-refractivity contribution in [2.45, 2.75) is 30.8 Å². The summed E-state index contributed by atoms with van der Waals surface area (Å²) in [5, 5.41) is 7.77. The molecule has 2 aromatic carbocycles. The maximum absolute atomic E-state index is 12.7. The molecule has 1 saturated heterocycles. The second kappa shape index (κ2) is 8.82. The number of sulfonamides is 1. The van der Waals surface area contributed by atoms with Crippen molar-refractivity contribution >= 4 is 44.0 Å². The molecule has 11 heteroatoms. The molecule has 2 N–H and O–H groups in total. The van der Waals surface area contributed by atoms with Gasteiger partial charge in [0.2, 0.25) is 10.0 Å². The Kier molecular flexibility index (Phi) is 5.84. The maximum Gasteiger partial charge on any atom is 0.265 e. The highest BCUT2D eigenvalue weighted by atomic mass is 32.2. The zero-order chi connectivity index (χ0) is 23.9. The molecule has 176 valence electrons. The van der Waals surface area contributed by atoms with Gasteiger partial charge in [0.25, 0.3) is 11.8 Å². The van der Waals surface area contributed by atoms with Crippen LogP contribution in [-0.4, -0.2) is 48.7 Å². The van der Waals surface area contributed by atoms with Crippen LogP contribution in [0.25, 0.3) is 11.3 Å². The minimum Gasteiger partial charge on any atom is -0.479 e. The molecule has 2 aliphatic heterocycles. The fourth-order valence-electron chi connectivity index (χ4n) is 3.86. The second-order valence-electron chi connectivity index (χ2n) is 8.09. The highest BCUT2D eigenvalue weighted by Gasteiger charge is 2.27. The first-order chi connectivity index (χ1) is 16.3. The standard InChI is InChI=1S/C23H22N4O5S2/c1-14-21(28)24-18-12-16(6-9-20(18)32-14)19-13-33-23(25-19)26-22(29)15-4-7-17(8-5-15)34(30,31)27-10-2-3-11-27/h4-9,12-14H,2-3,10-11H2,1H3,(H,24,28)(H,25,26,29). The van der Waals surface area contributed by atoms with Gasteiger partial charge < -0.3 is 10.1 Å². The number of ether oxygens (including phenoxy) is 1. The number of rotatable bonds is 5. The Morgan fingerprint density at radius 1 is 1.18 bits per heavy atom. The summed E-state index contributed by atoms with van der Waals surface area (Å²) in [4.78, 5) is 29.2. The molecule has 2 amide bonds. The Bertz CT molecular complexity index is 1360. The number of carbonyl (C=O) groups excluding carboxylic acids is 2. The zero-order valence-electron chi connectivity index (χ0n) is 18.3. The van der Waals surface area contributed by atoms with Crippen molar-refractivity contribution in [1.29, 1.82) is 0 Å². The molecule has 5 rings (SSSR count). The summed E-state index contributed by atoms with van der Waals surface area (Å²) in [5.41, 5.74) is 2.32. The summed E-state index contributed by atoms with van der Waals surface area (Å²) in [7, 11) is -3.52. The quantitative estimate of drug-likeness (QED) is 0.555. The van der Waals surface area contributed by atoms with E-state index in [1.165, 1.54) is 39.9 Å². The number of carbonyl (C=O) groups is 2. The highest BCUT2D eigenvalue weighted by Crippen LogP contribution is 2.35. The Hall–Kier alpha value is -3.28. The second-order valence-corrected chi connectivity index (χ2v) is 10.9. The van der Waals surface area contributed by atoms with Gasteiger partial charge in [0.1, 0.15) is 5.75 Å². The van der Waals surface area contributed by atoms with Crippen LogP contribution in [0.3, 0.4) is 0 Å². The lowest BCUT2D eigenvalue weighted by molar-refractivity contribution is -0.122. The lowest BCUT2D eigenvalue weighted by atomic mass is 10.1. The van der Waals surface area contributed by atoms with Gasteiger partial charge in [-0.05, 0) is 62.2 Å². The Morgan fingerprint density at radius 2 is 1.91 bits per heavy atom. The first-order valence-corrected chi connectivity index (χ1v) is 13.1. The Labute approximate surface area is 200 Å². The molecular weight excluding hydrogens is 476 g/mol. The maximum atomic E-state index is 12.7. The van der Waals surface area contributed by atoms with E-state index in [0.29, 0.717) is 40.9 Å². The molecule has 1 atom stereocenters. The first-order valence-electron chi connectivity index (χ1n) is 10.8. The third-order valence-corrected chi connectivity index (χ3v) is 8.42. The summed E-state index contributed by atoms with van der Waals surface area (Å²) >= 11 is 1.27. The largest absolute Gasteiger partial charge is 0.479 e. The van der Waals surface area contributed by atoms with Gasteiger partial charge in [0.05, 0.1) is 16.3 Å². The number of nitrogens with zero attached hydrogens (tertiary/aromatic N) is 2. The van der Waals surface area contributed by atoms with Crippen molar-refractivity contribution < 1.29 is 22.7 Å². The average Bonchev–Trinajstić information content (AvgIpc) is 3.53. The van der Waals surface area contributed by atoms with Gasteiger partial charge in [-0.25, -0.2) is 13.4 Å². The van der Waals surface area contributed by atoms with E-state index in [1.54, 1.807) is 24.4 Å². The first kappa shape index (κ1) is 22.5. The third kappa shape index (κ3) is 4.29. The molecule has 0 bridgehead atoms. The van der Waals surface area contributed by atoms with Crippen LogP contribution < -0.4 is 15.4 Å². The van der Waals surface area contributed by atoms with Crippen molar-refractivity contribution in [2.24, 2.45) is 0 Å². The number of aromatic nitrogens is 1. The summed E-state index contributed by atoms with van der Waals surface area (Å²) in [6.45, 7) is 2.74. The number of hydrogen-bond donors (Lipinski definition) is 2. The van der Waals surface area contributed by atoms with Crippen LogP contribution in [0.2, 0.25) is 0 Å². The van der Waals surface area contributed by atoms with Crippen molar-refractivity contribution in [2.75, 3.05) is 23.7 Å². The monoisotopic (exact) mass is 498 g/mol. The van der Waals surface area contributed by atoms with Crippen LogP contribution in [0, 0.1) is 0 Å². The van der Waals surface area contributed by atoms with E-state index in [4.69, 9.17) is 4.74 Å². The fourth-order valence-corrected chi connectivity index (χ4v) is 6.09. The van der Waals surface area contributed by atoms with Gasteiger partial charge in [-0.2, -0.15) is 4.31 Å². The van der Waals surface area contributed by atoms with Gasteiger partial charge in [0, 0.05) is 29.6 Å². The van der Waals surface area contributed by atoms with E-state index in [9.17, 15) is 18.0 Å². The van der Waals surface area contributed by atoms with Crippen molar-refractivity contribution in [3.8, 4) is 17.0 Å². The molecule has 3 heterocycles. The van der Waals surface area contributed by atoms with E-state index in [-0.39, 0.29) is 16.7 Å². The van der Waals surface area contributed by atoms with Crippen molar-refractivity contribution in [3.63, 3.8) is 0 Å². The van der Waals surface area contributed by atoms with Gasteiger partial charge in [-0.3, -0.25) is 14.9 Å². The normalized spacial score (nSPS) is 18.1. The predicted octanol–water partition coefficient (Wildman–Crippen LogP) is 3.57. The minimum atomic E-state index is -3.52. The molecule has 0 radical (unpaired) electrons. The summed E-state index contributed by atoms with van der Waals surface area (Å²) in [6.07, 6.45) is 1.18. The highest BCUT2D eigenvalue weighted by molar-refractivity contribution is 7.89. The van der Waals surface area contributed by atoms with Gasteiger partial charge in [-0.1, -0.05) is 0 Å². The van der Waals surface area contributed by atoms with Crippen LogP contribution >= 0.6 is 11.3 Å². The smallest absolute Gasteiger partial charge is 0.265 e. The number of hydrogen-bond acceptors (Lipinski definition) is 7. The van der Waals surface area contributed by atoms with Crippen molar-refractivity contribution in [3.05, 3.63) is 53.4 Å². The summed E-state index contributed by atoms with van der Waals surface area (Å²) < 4.78 is 32.4. The fraction of sp³-hybridized carbons (Fsp3) is 0.261. The van der Waals surface area contributed by atoms with E-state index in [0.717, 1.165) is 18.4 Å². The molecule has 2 aliphatic rings. The molecule has 0 aliphatic carbocycles. The SMILES string of the molecule is CC1Oc2ccc(-c3csc(NC(=O)c4ccc(S(=O)(=O)N5CCCC5)cc4)n3)cc2NC1=O. The molecule has 1 unspecified atom stereocenters. The van der Waals surface area contributed by atoms with Crippen LogP contribution in [0.15, 0.2) is 52.7 Å². The van der Waals surface area contributed by atoms with Gasteiger partial charge >= 0.3 is 0 Å². The molecule has 34 heavy (non-hydrogen) atoms. The molecule has 9 nitrogen and oxygen atoms in total.